The molecule has 1 N–H and O–H groups in total. The molecule has 2 aromatic carbocycles. The number of aromatic amines is 1. The number of aryl methyl sites for hydroxylation is 1. The number of benzene rings is 2. The van der Waals surface area contributed by atoms with Crippen molar-refractivity contribution in [2.24, 2.45) is 0 Å². The molecule has 4 rings (SSSR count). The van der Waals surface area contributed by atoms with Crippen LogP contribution < -0.4 is 5.56 Å². The minimum Gasteiger partial charge on any atom is -0.306 e. The molecule has 2 aromatic heterocycles. The molecule has 0 aliphatic carbocycles. The van der Waals surface area contributed by atoms with Crippen LogP contribution in [0.25, 0.3) is 32.7 Å². The van der Waals surface area contributed by atoms with Crippen molar-refractivity contribution in [1.29, 1.82) is 0 Å². The highest BCUT2D eigenvalue weighted by Crippen LogP contribution is 2.26. The van der Waals surface area contributed by atoms with Crippen LogP contribution in [0.5, 0.6) is 0 Å². The summed E-state index contributed by atoms with van der Waals surface area (Å²) in [5.41, 5.74) is 3.61. The predicted molar refractivity (Wildman–Crippen MR) is 93.6 cm³/mol. The van der Waals surface area contributed by atoms with Crippen LogP contribution in [0, 0.1) is 6.92 Å². The van der Waals surface area contributed by atoms with Crippen molar-refractivity contribution in [3.63, 3.8) is 0 Å². The van der Waals surface area contributed by atoms with Crippen molar-refractivity contribution in [1.82, 2.24) is 14.3 Å². The van der Waals surface area contributed by atoms with Gasteiger partial charge in [-0.3, -0.25) is 4.79 Å². The van der Waals surface area contributed by atoms with Crippen molar-refractivity contribution in [2.75, 3.05) is 0 Å². The molecule has 112 valence electrons. The van der Waals surface area contributed by atoms with Crippen molar-refractivity contribution in [3.05, 3.63) is 70.6 Å². The molecule has 0 saturated carbocycles. The zero-order chi connectivity index (χ0) is 15.8. The smallest absolute Gasteiger partial charge is 0.259 e. The van der Waals surface area contributed by atoms with Gasteiger partial charge >= 0.3 is 0 Å². The number of rotatable bonds is 2. The molecule has 0 fully saturated rings. The van der Waals surface area contributed by atoms with Crippen LogP contribution in [0.15, 0.2) is 59.4 Å². The topological polar surface area (TPSA) is 58.6 Å². The van der Waals surface area contributed by atoms with Gasteiger partial charge in [-0.2, -0.15) is 4.37 Å². The average molecular weight is 319 g/mol. The number of fused-ring (bicyclic) bond motifs is 1. The standard InChI is InChI=1S/C18H13N3OS/c1-11-10-16(23-21-11)12-6-8-13(9-7-12)17-19-15-5-3-2-4-14(15)18(22)20-17/h2-10H,1H3,(H,19,20,22). The summed E-state index contributed by atoms with van der Waals surface area (Å²) >= 11 is 1.49. The minimum atomic E-state index is -0.118. The Bertz CT molecular complexity index is 1050. The van der Waals surface area contributed by atoms with Crippen LogP contribution in [-0.2, 0) is 0 Å². The van der Waals surface area contributed by atoms with Gasteiger partial charge in [0.05, 0.1) is 21.5 Å². The number of hydrogen-bond donors (Lipinski definition) is 1. The van der Waals surface area contributed by atoms with E-state index in [0.29, 0.717) is 16.7 Å². The summed E-state index contributed by atoms with van der Waals surface area (Å²) < 4.78 is 4.30. The quantitative estimate of drug-likeness (QED) is 0.607. The van der Waals surface area contributed by atoms with Gasteiger partial charge in [0.2, 0.25) is 0 Å². The number of para-hydroxylation sites is 1. The van der Waals surface area contributed by atoms with Crippen molar-refractivity contribution in [3.8, 4) is 21.8 Å². The third-order valence-electron chi connectivity index (χ3n) is 3.68. The summed E-state index contributed by atoms with van der Waals surface area (Å²) in [5.74, 6) is 0.584. The first-order chi connectivity index (χ1) is 11.2. The Kier molecular flexibility index (Phi) is 3.28. The first-order valence-corrected chi connectivity index (χ1v) is 8.01. The van der Waals surface area contributed by atoms with Crippen molar-refractivity contribution in [2.45, 2.75) is 6.92 Å². The van der Waals surface area contributed by atoms with Crippen molar-refractivity contribution >= 4 is 22.4 Å². The normalized spacial score (nSPS) is 11.0. The largest absolute Gasteiger partial charge is 0.306 e. The summed E-state index contributed by atoms with van der Waals surface area (Å²) in [4.78, 5) is 20.7. The Morgan fingerprint density at radius 2 is 1.74 bits per heavy atom. The fourth-order valence-corrected chi connectivity index (χ4v) is 3.27. The third-order valence-corrected chi connectivity index (χ3v) is 4.61. The second-order valence-electron chi connectivity index (χ2n) is 5.34. The summed E-state index contributed by atoms with van der Waals surface area (Å²) in [6.45, 7) is 1.98. The first kappa shape index (κ1) is 13.8. The lowest BCUT2D eigenvalue weighted by Crippen LogP contribution is -2.09. The maximum absolute atomic E-state index is 12.2. The highest BCUT2D eigenvalue weighted by atomic mass is 32.1. The molecule has 5 heteroatoms. The zero-order valence-corrected chi connectivity index (χ0v) is 13.2. The lowest BCUT2D eigenvalue weighted by Gasteiger charge is -2.04. The lowest BCUT2D eigenvalue weighted by molar-refractivity contribution is 1.18. The van der Waals surface area contributed by atoms with E-state index in [0.717, 1.165) is 21.7 Å². The number of H-pyrrole nitrogens is 1. The SMILES string of the molecule is Cc1cc(-c2ccc(-c3nc4ccccc4c(=O)[nH]3)cc2)sn1. The van der Waals surface area contributed by atoms with E-state index >= 15 is 0 Å². The molecule has 23 heavy (non-hydrogen) atoms. The van der Waals surface area contributed by atoms with Crippen LogP contribution in [0.2, 0.25) is 0 Å². The molecule has 4 nitrogen and oxygen atoms in total. The van der Waals surface area contributed by atoms with Gasteiger partial charge in [0.1, 0.15) is 5.82 Å². The van der Waals surface area contributed by atoms with E-state index in [9.17, 15) is 4.79 Å². The number of hydrogen-bond acceptors (Lipinski definition) is 4. The van der Waals surface area contributed by atoms with Gasteiger partial charge in [-0.1, -0.05) is 36.4 Å². The van der Waals surface area contributed by atoms with Crippen LogP contribution >= 0.6 is 11.5 Å². The Morgan fingerprint density at radius 1 is 1.00 bits per heavy atom. The Labute approximate surface area is 136 Å². The summed E-state index contributed by atoms with van der Waals surface area (Å²) in [6, 6.07) is 17.4. The fourth-order valence-electron chi connectivity index (χ4n) is 2.52. The summed E-state index contributed by atoms with van der Waals surface area (Å²) in [6.07, 6.45) is 0. The summed E-state index contributed by atoms with van der Waals surface area (Å²) in [5, 5.41) is 0.605. The molecule has 0 aliphatic heterocycles. The van der Waals surface area contributed by atoms with E-state index in [1.54, 1.807) is 6.07 Å². The van der Waals surface area contributed by atoms with E-state index in [1.807, 2.05) is 49.4 Å². The Morgan fingerprint density at radius 3 is 2.48 bits per heavy atom. The van der Waals surface area contributed by atoms with E-state index < -0.39 is 0 Å². The van der Waals surface area contributed by atoms with Gasteiger partial charge in [0.15, 0.2) is 0 Å². The van der Waals surface area contributed by atoms with Crippen LogP contribution in [0.3, 0.4) is 0 Å². The minimum absolute atomic E-state index is 0.118. The van der Waals surface area contributed by atoms with Gasteiger partial charge in [-0.15, -0.1) is 0 Å². The highest BCUT2D eigenvalue weighted by Gasteiger charge is 2.07. The van der Waals surface area contributed by atoms with Gasteiger partial charge in [-0.05, 0) is 42.2 Å². The second-order valence-corrected chi connectivity index (χ2v) is 6.15. The predicted octanol–water partition coefficient (Wildman–Crippen LogP) is 4.02. The molecule has 2 heterocycles. The first-order valence-electron chi connectivity index (χ1n) is 7.24. The molecule has 0 spiro atoms. The van der Waals surface area contributed by atoms with E-state index in [1.165, 1.54) is 11.5 Å². The Balaban J connectivity index is 1.77. The third kappa shape index (κ3) is 2.55. The zero-order valence-electron chi connectivity index (χ0n) is 12.4. The fraction of sp³-hybridized carbons (Fsp3) is 0.0556. The molecule has 0 unspecified atom stereocenters. The molecule has 0 radical (unpaired) electrons. The summed E-state index contributed by atoms with van der Waals surface area (Å²) in [7, 11) is 0. The molecule has 0 bridgehead atoms. The molecular weight excluding hydrogens is 306 g/mol. The van der Waals surface area contributed by atoms with Crippen LogP contribution in [0.1, 0.15) is 5.69 Å². The highest BCUT2D eigenvalue weighted by molar-refractivity contribution is 7.09. The van der Waals surface area contributed by atoms with Gasteiger partial charge in [-0.25, -0.2) is 4.98 Å². The number of aromatic nitrogens is 3. The van der Waals surface area contributed by atoms with E-state index in [2.05, 4.69) is 20.4 Å². The van der Waals surface area contributed by atoms with Crippen LogP contribution in [-0.4, -0.2) is 14.3 Å². The van der Waals surface area contributed by atoms with Gasteiger partial charge in [0, 0.05) is 5.56 Å². The maximum Gasteiger partial charge on any atom is 0.259 e. The monoisotopic (exact) mass is 319 g/mol. The van der Waals surface area contributed by atoms with Crippen LogP contribution in [0.4, 0.5) is 0 Å². The van der Waals surface area contributed by atoms with Crippen molar-refractivity contribution < 1.29 is 0 Å². The van der Waals surface area contributed by atoms with E-state index in [-0.39, 0.29) is 5.56 Å². The number of nitrogens with zero attached hydrogens (tertiary/aromatic N) is 2. The molecule has 0 saturated heterocycles. The van der Waals surface area contributed by atoms with E-state index in [4.69, 9.17) is 0 Å². The molecule has 0 aliphatic rings. The molecular formula is C18H13N3OS. The second kappa shape index (κ2) is 5.44. The molecule has 0 amide bonds. The maximum atomic E-state index is 12.2. The van der Waals surface area contributed by atoms with Gasteiger partial charge in [0.25, 0.3) is 5.56 Å². The molecule has 4 aromatic rings. The Hall–Kier alpha value is -2.79. The molecule has 0 atom stereocenters. The number of nitrogens with one attached hydrogen (secondary N) is 1. The van der Waals surface area contributed by atoms with Gasteiger partial charge < -0.3 is 4.98 Å². The average Bonchev–Trinajstić information content (AvgIpc) is 3.01. The lowest BCUT2D eigenvalue weighted by atomic mass is 10.1.